The minimum Gasteiger partial charge on any atom is -0.444 e. The van der Waals surface area contributed by atoms with Gasteiger partial charge >= 0.3 is 18.3 Å². The second-order valence-electron chi connectivity index (χ2n) is 13.4. The van der Waals surface area contributed by atoms with E-state index >= 15 is 0 Å². The van der Waals surface area contributed by atoms with E-state index in [4.69, 9.17) is 18.4 Å². The van der Waals surface area contributed by atoms with E-state index in [1.807, 2.05) is 13.8 Å². The maximum absolute atomic E-state index is 12.6. The number of hydrogen-bond donors (Lipinski definition) is 3. The van der Waals surface area contributed by atoms with Crippen molar-refractivity contribution in [2.24, 2.45) is 0 Å². The number of carbonyl (C=O) groups is 3. The normalized spacial score (nSPS) is 12.4. The fourth-order valence-electron chi connectivity index (χ4n) is 4.21. The van der Waals surface area contributed by atoms with E-state index < -0.39 is 45.2 Å². The SMILES string of the molecule is Cc1c(CNC(=O)OC(C)(C)C)c(C)c(CNC(=O)OC(C)(C)C)c(CCCOS(C)(=O)=O)c1CNC(=O)OC(C)(C)C. The number of nitrogens with one attached hydrogen (secondary N) is 3. The highest BCUT2D eigenvalue weighted by molar-refractivity contribution is 7.85. The van der Waals surface area contributed by atoms with Gasteiger partial charge in [0.05, 0.1) is 12.9 Å². The number of carbonyl (C=O) groups excluding carboxylic acids is 3. The third-order valence-electron chi connectivity index (χ3n) is 5.83. The lowest BCUT2D eigenvalue weighted by molar-refractivity contribution is 0.0513. The molecule has 1 aromatic rings. The van der Waals surface area contributed by atoms with Crippen molar-refractivity contribution >= 4 is 28.4 Å². The minimum absolute atomic E-state index is 0.0449. The first kappa shape index (κ1) is 38.0. The number of hydrogen-bond acceptors (Lipinski definition) is 9. The molecule has 0 saturated carbocycles. The standard InChI is InChI=1S/C30H51N3O9S/c1-19-22(16-31-25(34)40-28(3,4)5)20(2)24(18-33-27(36)42-30(9,10)11)21(14-13-15-39-43(12,37)38)23(19)17-32-26(35)41-29(6,7)8/h13-18H2,1-12H3,(H,31,34)(H,32,35)(H,33,36). The van der Waals surface area contributed by atoms with Crippen LogP contribution in [-0.2, 0) is 54.6 Å². The summed E-state index contributed by atoms with van der Waals surface area (Å²) in [6.45, 7) is 19.9. The van der Waals surface area contributed by atoms with Gasteiger partial charge in [0, 0.05) is 19.6 Å². The van der Waals surface area contributed by atoms with E-state index in [9.17, 15) is 22.8 Å². The number of rotatable bonds is 11. The zero-order valence-corrected chi connectivity index (χ0v) is 28.6. The zero-order chi connectivity index (χ0) is 33.4. The predicted octanol–water partition coefficient (Wildman–Crippen LogP) is 5.29. The Hall–Kier alpha value is -3.06. The highest BCUT2D eigenvalue weighted by atomic mass is 32.2. The molecule has 13 heteroatoms. The summed E-state index contributed by atoms with van der Waals surface area (Å²) in [4.78, 5) is 37.7. The Labute approximate surface area is 257 Å². The fraction of sp³-hybridized carbons (Fsp3) is 0.700. The van der Waals surface area contributed by atoms with E-state index in [0.29, 0.717) is 12.8 Å². The number of alkyl carbamates (subject to hydrolysis) is 3. The quantitative estimate of drug-likeness (QED) is 0.168. The maximum Gasteiger partial charge on any atom is 0.407 e. The molecule has 1 rings (SSSR count). The molecule has 0 aliphatic carbocycles. The van der Waals surface area contributed by atoms with Crippen molar-refractivity contribution in [1.82, 2.24) is 16.0 Å². The van der Waals surface area contributed by atoms with Crippen LogP contribution in [0, 0.1) is 13.8 Å². The van der Waals surface area contributed by atoms with Crippen LogP contribution in [0.1, 0.15) is 102 Å². The summed E-state index contributed by atoms with van der Waals surface area (Å²) in [5.41, 5.74) is 2.61. The van der Waals surface area contributed by atoms with E-state index in [1.165, 1.54) is 0 Å². The number of ether oxygens (including phenoxy) is 3. The molecule has 0 bridgehead atoms. The Morgan fingerprint density at radius 3 is 1.23 bits per heavy atom. The Morgan fingerprint density at radius 1 is 0.605 bits per heavy atom. The fourth-order valence-corrected chi connectivity index (χ4v) is 4.63. The molecule has 0 unspecified atom stereocenters. The second kappa shape index (κ2) is 15.1. The molecule has 0 spiro atoms. The van der Waals surface area contributed by atoms with Crippen molar-refractivity contribution in [2.75, 3.05) is 12.9 Å². The van der Waals surface area contributed by atoms with Crippen LogP contribution in [0.4, 0.5) is 14.4 Å². The molecule has 0 radical (unpaired) electrons. The van der Waals surface area contributed by atoms with Crippen LogP contribution < -0.4 is 16.0 Å². The molecule has 0 aliphatic rings. The highest BCUT2D eigenvalue weighted by Gasteiger charge is 2.24. The lowest BCUT2D eigenvalue weighted by atomic mass is 9.85. The zero-order valence-electron chi connectivity index (χ0n) is 27.8. The Bertz CT molecular complexity index is 1200. The van der Waals surface area contributed by atoms with Gasteiger partial charge in [-0.05, 0) is 122 Å². The van der Waals surface area contributed by atoms with Crippen LogP contribution in [0.5, 0.6) is 0 Å². The Balaban J connectivity index is 3.60. The number of benzene rings is 1. The summed E-state index contributed by atoms with van der Waals surface area (Å²) < 4.78 is 44.3. The van der Waals surface area contributed by atoms with Gasteiger partial charge in [0.15, 0.2) is 0 Å². The minimum atomic E-state index is -3.63. The van der Waals surface area contributed by atoms with Gasteiger partial charge < -0.3 is 30.2 Å². The highest BCUT2D eigenvalue weighted by Crippen LogP contribution is 2.30. The number of amides is 3. The van der Waals surface area contributed by atoms with E-state index in [2.05, 4.69) is 16.0 Å². The van der Waals surface area contributed by atoms with Crippen LogP contribution in [0.3, 0.4) is 0 Å². The molecule has 3 N–H and O–H groups in total. The van der Waals surface area contributed by atoms with Crippen molar-refractivity contribution in [2.45, 2.75) is 125 Å². The third kappa shape index (κ3) is 15.3. The molecule has 0 fully saturated rings. The van der Waals surface area contributed by atoms with Gasteiger partial charge in [0.25, 0.3) is 10.1 Å². The first-order chi connectivity index (χ1) is 19.4. The molecule has 0 aliphatic heterocycles. The van der Waals surface area contributed by atoms with Gasteiger partial charge in [-0.3, -0.25) is 4.18 Å². The molecule has 1 aromatic carbocycles. The molecular weight excluding hydrogens is 578 g/mol. The molecule has 0 saturated heterocycles. The van der Waals surface area contributed by atoms with Gasteiger partial charge in [-0.1, -0.05) is 0 Å². The second-order valence-corrected chi connectivity index (χ2v) is 15.0. The van der Waals surface area contributed by atoms with Crippen molar-refractivity contribution in [1.29, 1.82) is 0 Å². The summed E-state index contributed by atoms with van der Waals surface area (Å²) in [6.07, 6.45) is -0.0924. The average molecular weight is 630 g/mol. The van der Waals surface area contributed by atoms with Crippen molar-refractivity contribution in [3.05, 3.63) is 33.4 Å². The first-order valence-corrected chi connectivity index (χ1v) is 16.1. The third-order valence-corrected chi connectivity index (χ3v) is 6.43. The van der Waals surface area contributed by atoms with Crippen molar-refractivity contribution < 1.29 is 41.2 Å². The van der Waals surface area contributed by atoms with Crippen LogP contribution >= 0.6 is 0 Å². The van der Waals surface area contributed by atoms with Gasteiger partial charge in [-0.15, -0.1) is 0 Å². The van der Waals surface area contributed by atoms with Gasteiger partial charge in [-0.2, -0.15) is 8.42 Å². The molecule has 12 nitrogen and oxygen atoms in total. The van der Waals surface area contributed by atoms with Crippen LogP contribution in [0.2, 0.25) is 0 Å². The van der Waals surface area contributed by atoms with Gasteiger partial charge in [-0.25, -0.2) is 14.4 Å². The predicted molar refractivity (Wildman–Crippen MR) is 164 cm³/mol. The van der Waals surface area contributed by atoms with E-state index in [0.717, 1.165) is 39.6 Å². The smallest absolute Gasteiger partial charge is 0.407 e. The lowest BCUT2D eigenvalue weighted by Gasteiger charge is -2.26. The largest absolute Gasteiger partial charge is 0.444 e. The van der Waals surface area contributed by atoms with Crippen LogP contribution in [-0.4, -0.2) is 56.4 Å². The summed E-state index contributed by atoms with van der Waals surface area (Å²) in [5.74, 6) is 0. The molecular formula is C30H51N3O9S. The topological polar surface area (TPSA) is 158 Å². The lowest BCUT2D eigenvalue weighted by Crippen LogP contribution is -2.34. The van der Waals surface area contributed by atoms with E-state index in [1.54, 1.807) is 62.3 Å². The maximum atomic E-state index is 12.6. The molecule has 0 atom stereocenters. The Morgan fingerprint density at radius 2 is 0.930 bits per heavy atom. The average Bonchev–Trinajstić information content (AvgIpc) is 2.76. The van der Waals surface area contributed by atoms with Crippen LogP contribution in [0.25, 0.3) is 0 Å². The molecule has 3 amide bonds. The van der Waals surface area contributed by atoms with Gasteiger partial charge in [0.1, 0.15) is 16.8 Å². The van der Waals surface area contributed by atoms with Gasteiger partial charge in [0.2, 0.25) is 0 Å². The summed E-state index contributed by atoms with van der Waals surface area (Å²) >= 11 is 0. The molecule has 0 heterocycles. The summed E-state index contributed by atoms with van der Waals surface area (Å²) in [7, 11) is -3.63. The first-order valence-electron chi connectivity index (χ1n) is 14.3. The molecule has 0 aromatic heterocycles. The van der Waals surface area contributed by atoms with Crippen molar-refractivity contribution in [3.63, 3.8) is 0 Å². The van der Waals surface area contributed by atoms with Crippen LogP contribution in [0.15, 0.2) is 0 Å². The Kier molecular flexibility index (Phi) is 13.3. The van der Waals surface area contributed by atoms with Crippen molar-refractivity contribution in [3.8, 4) is 0 Å². The monoisotopic (exact) mass is 629 g/mol. The summed E-state index contributed by atoms with van der Waals surface area (Å²) in [5, 5.41) is 8.41. The molecule has 43 heavy (non-hydrogen) atoms. The molecule has 246 valence electrons. The summed E-state index contributed by atoms with van der Waals surface area (Å²) in [6, 6.07) is 0. The van der Waals surface area contributed by atoms with E-state index in [-0.39, 0.29) is 26.2 Å².